The molecule has 23 heavy (non-hydrogen) atoms. The zero-order valence-corrected chi connectivity index (χ0v) is 15.0. The maximum Gasteiger partial charge on any atom is 0.326 e. The van der Waals surface area contributed by atoms with Crippen molar-refractivity contribution in [3.63, 3.8) is 0 Å². The number of hydrogen-bond donors (Lipinski definition) is 3. The fourth-order valence-corrected chi connectivity index (χ4v) is 2.26. The highest BCUT2D eigenvalue weighted by Crippen LogP contribution is 2.17. The van der Waals surface area contributed by atoms with E-state index in [9.17, 15) is 14.7 Å². The summed E-state index contributed by atoms with van der Waals surface area (Å²) in [5.41, 5.74) is 3.16. The average Bonchev–Trinajstić information content (AvgIpc) is 2.46. The minimum absolute atomic E-state index is 0.236. The van der Waals surface area contributed by atoms with Crippen molar-refractivity contribution in [2.24, 2.45) is 0 Å². The van der Waals surface area contributed by atoms with E-state index >= 15 is 0 Å². The lowest BCUT2D eigenvalue weighted by Crippen LogP contribution is -2.48. The molecule has 2 N–H and O–H groups in total. The van der Waals surface area contributed by atoms with Gasteiger partial charge in [0.05, 0.1) is 4.75 Å². The van der Waals surface area contributed by atoms with Gasteiger partial charge >= 0.3 is 5.97 Å². The lowest BCUT2D eigenvalue weighted by atomic mass is 9.97. The number of carboxylic acids is 1. The van der Waals surface area contributed by atoms with E-state index in [4.69, 9.17) is 0 Å². The molecule has 5 heteroatoms. The van der Waals surface area contributed by atoms with Crippen molar-refractivity contribution in [3.05, 3.63) is 41.0 Å². The van der Waals surface area contributed by atoms with Crippen LogP contribution in [-0.2, 0) is 22.4 Å². The van der Waals surface area contributed by atoms with Gasteiger partial charge < -0.3 is 10.4 Å². The van der Waals surface area contributed by atoms with Crippen molar-refractivity contribution in [3.8, 4) is 0 Å². The molecule has 1 aromatic carbocycles. The number of benzene rings is 1. The first-order chi connectivity index (χ1) is 10.7. The van der Waals surface area contributed by atoms with E-state index in [0.29, 0.717) is 0 Å². The molecular formula is C18H25NO3S. The van der Waals surface area contributed by atoms with Crippen molar-refractivity contribution in [2.75, 3.05) is 0 Å². The van der Waals surface area contributed by atoms with Gasteiger partial charge in [0.15, 0.2) is 0 Å². The average molecular weight is 335 g/mol. The van der Waals surface area contributed by atoms with Gasteiger partial charge in [0.25, 0.3) is 0 Å². The highest BCUT2D eigenvalue weighted by Gasteiger charge is 2.28. The number of hydrogen-bond acceptors (Lipinski definition) is 3. The molecule has 1 amide bonds. The third-order valence-electron chi connectivity index (χ3n) is 3.54. The van der Waals surface area contributed by atoms with Crippen LogP contribution in [0.1, 0.15) is 44.4 Å². The quantitative estimate of drug-likeness (QED) is 0.671. The number of aryl methyl sites for hydroxylation is 1. The summed E-state index contributed by atoms with van der Waals surface area (Å²) in [6.45, 7) is 7.29. The number of carboxylic acid groups (broad SMARTS) is 1. The van der Waals surface area contributed by atoms with E-state index in [-0.39, 0.29) is 6.42 Å². The Labute approximate surface area is 143 Å². The third-order valence-corrected chi connectivity index (χ3v) is 3.74. The molecule has 0 saturated heterocycles. The van der Waals surface area contributed by atoms with Gasteiger partial charge in [-0.1, -0.05) is 37.3 Å². The van der Waals surface area contributed by atoms with Crippen molar-refractivity contribution >= 4 is 30.6 Å². The largest absolute Gasteiger partial charge is 0.480 e. The topological polar surface area (TPSA) is 66.4 Å². The number of aliphatic carboxylic acids is 1. The Bertz CT molecular complexity index is 603. The highest BCUT2D eigenvalue weighted by atomic mass is 32.1. The summed E-state index contributed by atoms with van der Waals surface area (Å²) in [5.74, 6) is -1.45. The van der Waals surface area contributed by atoms with Gasteiger partial charge in [-0.3, -0.25) is 4.79 Å². The molecule has 1 rings (SSSR count). The fraction of sp³-hybridized carbons (Fsp3) is 0.444. The van der Waals surface area contributed by atoms with E-state index in [1.807, 2.05) is 37.3 Å². The summed E-state index contributed by atoms with van der Waals surface area (Å²) in [7, 11) is 0. The fourth-order valence-electron chi connectivity index (χ4n) is 2.20. The van der Waals surface area contributed by atoms with Crippen molar-refractivity contribution in [1.82, 2.24) is 5.32 Å². The molecule has 0 aliphatic rings. The minimum atomic E-state index is -1.05. The van der Waals surface area contributed by atoms with Crippen LogP contribution in [0.15, 0.2) is 24.3 Å². The van der Waals surface area contributed by atoms with Gasteiger partial charge in [0.1, 0.15) is 6.04 Å². The first-order valence-corrected chi connectivity index (χ1v) is 8.14. The van der Waals surface area contributed by atoms with E-state index in [2.05, 4.69) is 24.9 Å². The first kappa shape index (κ1) is 19.3. The molecule has 0 aliphatic carbocycles. The summed E-state index contributed by atoms with van der Waals surface area (Å²) in [5, 5.41) is 11.9. The van der Waals surface area contributed by atoms with E-state index in [1.54, 1.807) is 13.8 Å². The number of carbonyl (C=O) groups excluding carboxylic acids is 1. The van der Waals surface area contributed by atoms with Crippen molar-refractivity contribution in [2.45, 2.75) is 51.3 Å². The van der Waals surface area contributed by atoms with Gasteiger partial charge in [0.2, 0.25) is 5.91 Å². The van der Waals surface area contributed by atoms with Crippen LogP contribution in [0, 0.1) is 0 Å². The van der Waals surface area contributed by atoms with Crippen LogP contribution in [0.25, 0.3) is 6.08 Å². The zero-order chi connectivity index (χ0) is 17.6. The number of thiol groups is 1. The van der Waals surface area contributed by atoms with Crippen LogP contribution in [0.3, 0.4) is 0 Å². The smallest absolute Gasteiger partial charge is 0.326 e. The summed E-state index contributed by atoms with van der Waals surface area (Å²) in [6.07, 6.45) is 5.11. The van der Waals surface area contributed by atoms with Crippen LogP contribution in [0.5, 0.6) is 0 Å². The maximum atomic E-state index is 12.0. The van der Waals surface area contributed by atoms with Crippen LogP contribution >= 0.6 is 12.6 Å². The molecular weight excluding hydrogens is 310 g/mol. The van der Waals surface area contributed by atoms with E-state index in [0.717, 1.165) is 17.5 Å². The zero-order valence-electron chi connectivity index (χ0n) is 14.1. The Kier molecular flexibility index (Phi) is 6.88. The number of carbonyl (C=O) groups is 2. The Hall–Kier alpha value is -1.75. The van der Waals surface area contributed by atoms with Gasteiger partial charge in [0, 0.05) is 6.42 Å². The summed E-state index contributed by atoms with van der Waals surface area (Å²) < 4.78 is -0.921. The molecule has 0 saturated carbocycles. The molecule has 1 unspecified atom stereocenters. The van der Waals surface area contributed by atoms with Gasteiger partial charge in [-0.05, 0) is 43.9 Å². The van der Waals surface area contributed by atoms with Gasteiger partial charge in [-0.2, -0.15) is 12.6 Å². The van der Waals surface area contributed by atoms with Gasteiger partial charge in [-0.15, -0.1) is 0 Å². The van der Waals surface area contributed by atoms with Gasteiger partial charge in [-0.25, -0.2) is 4.79 Å². The molecule has 126 valence electrons. The molecule has 1 aromatic rings. The Morgan fingerprint density at radius 2 is 2.04 bits per heavy atom. The second-order valence-corrected chi connectivity index (χ2v) is 7.13. The van der Waals surface area contributed by atoms with Crippen LogP contribution in [0.2, 0.25) is 0 Å². The first-order valence-electron chi connectivity index (χ1n) is 7.69. The summed E-state index contributed by atoms with van der Waals surface area (Å²) in [4.78, 5) is 23.4. The molecule has 0 aromatic heterocycles. The van der Waals surface area contributed by atoms with E-state index in [1.165, 1.54) is 5.56 Å². The molecule has 0 heterocycles. The Balaban J connectivity index is 2.99. The monoisotopic (exact) mass is 335 g/mol. The van der Waals surface area contributed by atoms with Crippen LogP contribution < -0.4 is 5.32 Å². The standard InChI is InChI=1S/C18H25NO3S/c1-5-7-14-10-12(8-9-13(14)6-2)11-15(16(20)21)19-17(22)18(3,4)23/h5,7-10,15,23H,6,11H2,1-4H3,(H,19,22)(H,20,21)/b7-5-. The number of nitrogens with one attached hydrogen (secondary N) is 1. The molecule has 4 nitrogen and oxygen atoms in total. The molecule has 0 radical (unpaired) electrons. The second kappa shape index (κ2) is 8.20. The highest BCUT2D eigenvalue weighted by molar-refractivity contribution is 7.82. The lowest BCUT2D eigenvalue weighted by molar-refractivity contribution is -0.142. The SMILES string of the molecule is C/C=C\c1cc(CC(NC(=O)C(C)(C)S)C(=O)O)ccc1CC. The van der Waals surface area contributed by atoms with E-state index < -0.39 is 22.7 Å². The second-order valence-electron chi connectivity index (χ2n) is 6.01. The Morgan fingerprint density at radius 3 is 2.52 bits per heavy atom. The normalized spacial score (nSPS) is 13.1. The summed E-state index contributed by atoms with van der Waals surface area (Å²) >= 11 is 4.17. The lowest BCUT2D eigenvalue weighted by Gasteiger charge is -2.21. The molecule has 0 aliphatic heterocycles. The summed E-state index contributed by atoms with van der Waals surface area (Å²) in [6, 6.07) is 4.93. The number of amides is 1. The van der Waals surface area contributed by atoms with Crippen LogP contribution in [-0.4, -0.2) is 27.8 Å². The molecule has 0 spiro atoms. The predicted molar refractivity (Wildman–Crippen MR) is 96.9 cm³/mol. The molecule has 0 bridgehead atoms. The minimum Gasteiger partial charge on any atom is -0.480 e. The van der Waals surface area contributed by atoms with Crippen LogP contribution in [0.4, 0.5) is 0 Å². The predicted octanol–water partition coefficient (Wildman–Crippen LogP) is 3.10. The molecule has 0 fully saturated rings. The number of allylic oxidation sites excluding steroid dienone is 1. The maximum absolute atomic E-state index is 12.0. The van der Waals surface area contributed by atoms with Crippen molar-refractivity contribution in [1.29, 1.82) is 0 Å². The number of rotatable bonds is 7. The van der Waals surface area contributed by atoms with Crippen molar-refractivity contribution < 1.29 is 14.7 Å². The Morgan fingerprint density at radius 1 is 1.39 bits per heavy atom. The molecule has 1 atom stereocenters. The third kappa shape index (κ3) is 5.75.